The molecule has 0 spiro atoms. The van der Waals surface area contributed by atoms with E-state index in [0.717, 1.165) is 24.2 Å². The van der Waals surface area contributed by atoms with Crippen LogP contribution in [0, 0.1) is 16.0 Å². The van der Waals surface area contributed by atoms with Crippen molar-refractivity contribution < 1.29 is 4.92 Å². The number of nitrogens with two attached hydrogens (primary N) is 1. The number of thiazole rings is 1. The van der Waals surface area contributed by atoms with Crippen molar-refractivity contribution in [3.8, 4) is 0 Å². The van der Waals surface area contributed by atoms with E-state index in [1.807, 2.05) is 6.92 Å². The Bertz CT molecular complexity index is 404. The van der Waals surface area contributed by atoms with Crippen LogP contribution in [0.4, 0.5) is 10.1 Å². The molecule has 1 aliphatic carbocycles. The molecule has 16 heavy (non-hydrogen) atoms. The Morgan fingerprint density at radius 3 is 2.94 bits per heavy atom. The predicted molar refractivity (Wildman–Crippen MR) is 62.6 cm³/mol. The van der Waals surface area contributed by atoms with Crippen molar-refractivity contribution in [2.75, 3.05) is 11.9 Å². The van der Waals surface area contributed by atoms with Gasteiger partial charge in [-0.3, -0.25) is 10.1 Å². The minimum atomic E-state index is -0.431. The highest BCUT2D eigenvalue weighted by atomic mass is 32.1. The van der Waals surface area contributed by atoms with Crippen molar-refractivity contribution >= 4 is 21.5 Å². The van der Waals surface area contributed by atoms with Crippen molar-refractivity contribution in [2.45, 2.75) is 25.3 Å². The molecular formula is C9H14N4O2S. The third-order valence-electron chi connectivity index (χ3n) is 2.97. The standard InChI is InChI=1S/C9H14N4O2S/c1-9(5-10,6-2-3-6)12-8-11-4-7(16-8)13(14)15/h4,6H,2-3,5,10H2,1H3,(H,11,12). The highest BCUT2D eigenvalue weighted by molar-refractivity contribution is 7.18. The van der Waals surface area contributed by atoms with E-state index in [1.165, 1.54) is 6.20 Å². The minimum absolute atomic E-state index is 0.0534. The van der Waals surface area contributed by atoms with Gasteiger partial charge in [0.15, 0.2) is 5.13 Å². The van der Waals surface area contributed by atoms with E-state index in [4.69, 9.17) is 5.73 Å². The van der Waals surface area contributed by atoms with Crippen LogP contribution in [0.2, 0.25) is 0 Å². The smallest absolute Gasteiger partial charge is 0.345 e. The maximum atomic E-state index is 10.5. The molecule has 6 nitrogen and oxygen atoms in total. The molecule has 7 heteroatoms. The molecule has 0 aliphatic heterocycles. The molecule has 1 aromatic rings. The molecular weight excluding hydrogens is 228 g/mol. The first-order chi connectivity index (χ1) is 7.55. The number of nitro groups is 1. The molecule has 3 N–H and O–H groups in total. The van der Waals surface area contributed by atoms with Crippen LogP contribution in [-0.2, 0) is 0 Å². The lowest BCUT2D eigenvalue weighted by atomic mass is 9.96. The lowest BCUT2D eigenvalue weighted by Gasteiger charge is -2.28. The number of anilines is 1. The molecule has 1 fully saturated rings. The molecule has 1 unspecified atom stereocenters. The van der Waals surface area contributed by atoms with Crippen molar-refractivity contribution in [1.82, 2.24) is 4.98 Å². The van der Waals surface area contributed by atoms with Crippen LogP contribution in [0.3, 0.4) is 0 Å². The van der Waals surface area contributed by atoms with E-state index in [9.17, 15) is 10.1 Å². The highest BCUT2D eigenvalue weighted by Gasteiger charge is 2.41. The van der Waals surface area contributed by atoms with Gasteiger partial charge in [0.2, 0.25) is 0 Å². The Balaban J connectivity index is 2.09. The summed E-state index contributed by atoms with van der Waals surface area (Å²) in [5.41, 5.74) is 5.55. The van der Waals surface area contributed by atoms with Gasteiger partial charge < -0.3 is 11.1 Å². The molecule has 88 valence electrons. The van der Waals surface area contributed by atoms with Gasteiger partial charge in [0, 0.05) is 6.54 Å². The SMILES string of the molecule is CC(CN)(Nc1ncc([N+](=O)[O-])s1)C1CC1. The summed E-state index contributed by atoms with van der Waals surface area (Å²) < 4.78 is 0. The van der Waals surface area contributed by atoms with Gasteiger partial charge in [-0.1, -0.05) is 0 Å². The molecule has 2 rings (SSSR count). The summed E-state index contributed by atoms with van der Waals surface area (Å²) in [4.78, 5) is 14.1. The van der Waals surface area contributed by atoms with Crippen LogP contribution >= 0.6 is 11.3 Å². The Hall–Kier alpha value is -1.21. The summed E-state index contributed by atoms with van der Waals surface area (Å²) in [5, 5.41) is 14.4. The van der Waals surface area contributed by atoms with Crippen molar-refractivity contribution in [2.24, 2.45) is 11.7 Å². The molecule has 1 saturated carbocycles. The quantitative estimate of drug-likeness (QED) is 0.604. The topological polar surface area (TPSA) is 94.1 Å². The van der Waals surface area contributed by atoms with Crippen molar-refractivity contribution in [3.05, 3.63) is 16.3 Å². The van der Waals surface area contributed by atoms with Gasteiger partial charge >= 0.3 is 5.00 Å². The van der Waals surface area contributed by atoms with Crippen LogP contribution in [-0.4, -0.2) is 22.0 Å². The van der Waals surface area contributed by atoms with E-state index in [0.29, 0.717) is 17.6 Å². The molecule has 0 aromatic carbocycles. The third kappa shape index (κ3) is 2.14. The molecule has 0 bridgehead atoms. The Labute approximate surface area is 97.0 Å². The summed E-state index contributed by atoms with van der Waals surface area (Å²) in [6.07, 6.45) is 3.60. The van der Waals surface area contributed by atoms with Gasteiger partial charge in [-0.25, -0.2) is 4.98 Å². The van der Waals surface area contributed by atoms with Crippen LogP contribution in [0.5, 0.6) is 0 Å². The van der Waals surface area contributed by atoms with E-state index in [1.54, 1.807) is 0 Å². The van der Waals surface area contributed by atoms with Crippen molar-refractivity contribution in [1.29, 1.82) is 0 Å². The van der Waals surface area contributed by atoms with E-state index < -0.39 is 4.92 Å². The minimum Gasteiger partial charge on any atom is -0.355 e. The molecule has 1 heterocycles. The lowest BCUT2D eigenvalue weighted by molar-refractivity contribution is -0.380. The first-order valence-electron chi connectivity index (χ1n) is 5.13. The largest absolute Gasteiger partial charge is 0.355 e. The summed E-state index contributed by atoms with van der Waals surface area (Å²) in [5.74, 6) is 0.556. The van der Waals surface area contributed by atoms with Gasteiger partial charge in [-0.05, 0) is 37.0 Å². The normalized spacial score (nSPS) is 19.1. The Morgan fingerprint density at radius 2 is 2.50 bits per heavy atom. The van der Waals surface area contributed by atoms with Crippen LogP contribution in [0.1, 0.15) is 19.8 Å². The zero-order valence-corrected chi connectivity index (χ0v) is 9.79. The fourth-order valence-corrected chi connectivity index (χ4v) is 2.46. The zero-order chi connectivity index (χ0) is 11.8. The first-order valence-corrected chi connectivity index (χ1v) is 5.95. The number of hydrogen-bond acceptors (Lipinski definition) is 6. The molecule has 1 atom stereocenters. The lowest BCUT2D eigenvalue weighted by Crippen LogP contribution is -2.44. The van der Waals surface area contributed by atoms with Crippen LogP contribution in [0.15, 0.2) is 6.20 Å². The number of hydrogen-bond donors (Lipinski definition) is 2. The summed E-state index contributed by atoms with van der Waals surface area (Å²) in [6.45, 7) is 2.54. The fraction of sp³-hybridized carbons (Fsp3) is 0.667. The molecule has 0 saturated heterocycles. The van der Waals surface area contributed by atoms with Gasteiger partial charge in [-0.15, -0.1) is 0 Å². The first kappa shape index (κ1) is 11.3. The van der Waals surface area contributed by atoms with Gasteiger partial charge in [-0.2, -0.15) is 0 Å². The number of rotatable bonds is 5. The number of aromatic nitrogens is 1. The van der Waals surface area contributed by atoms with Crippen molar-refractivity contribution in [3.63, 3.8) is 0 Å². The second kappa shape index (κ2) is 3.99. The van der Waals surface area contributed by atoms with Gasteiger partial charge in [0.25, 0.3) is 0 Å². The summed E-state index contributed by atoms with van der Waals surface area (Å²) >= 11 is 1.05. The average molecular weight is 242 g/mol. The molecule has 1 aromatic heterocycles. The molecule has 0 radical (unpaired) electrons. The number of nitrogens with one attached hydrogen (secondary N) is 1. The van der Waals surface area contributed by atoms with Gasteiger partial charge in [0.1, 0.15) is 6.20 Å². The predicted octanol–water partition coefficient (Wildman–Crippen LogP) is 1.59. The zero-order valence-electron chi connectivity index (χ0n) is 8.97. The summed E-state index contributed by atoms with van der Waals surface area (Å²) in [6, 6.07) is 0. The molecule has 1 aliphatic rings. The highest BCUT2D eigenvalue weighted by Crippen LogP contribution is 2.41. The van der Waals surface area contributed by atoms with Gasteiger partial charge in [0.05, 0.1) is 10.5 Å². The average Bonchev–Trinajstić information content (AvgIpc) is 3.00. The third-order valence-corrected chi connectivity index (χ3v) is 3.83. The maximum Gasteiger partial charge on any atom is 0.345 e. The number of nitrogens with zero attached hydrogens (tertiary/aromatic N) is 2. The second-order valence-electron chi connectivity index (χ2n) is 4.28. The summed E-state index contributed by atoms with van der Waals surface area (Å²) in [7, 11) is 0. The Kier molecular flexibility index (Phi) is 2.81. The maximum absolute atomic E-state index is 10.5. The monoisotopic (exact) mass is 242 g/mol. The fourth-order valence-electron chi connectivity index (χ4n) is 1.69. The second-order valence-corrected chi connectivity index (χ2v) is 5.29. The van der Waals surface area contributed by atoms with E-state index in [-0.39, 0.29) is 10.5 Å². The van der Waals surface area contributed by atoms with Crippen LogP contribution < -0.4 is 11.1 Å². The van der Waals surface area contributed by atoms with Crippen LogP contribution in [0.25, 0.3) is 0 Å². The molecule has 0 amide bonds. The van der Waals surface area contributed by atoms with E-state index >= 15 is 0 Å². The Morgan fingerprint density at radius 1 is 1.81 bits per heavy atom. The van der Waals surface area contributed by atoms with E-state index in [2.05, 4.69) is 10.3 Å².